The van der Waals surface area contributed by atoms with Crippen molar-refractivity contribution in [1.29, 1.82) is 0 Å². The maximum Gasteiger partial charge on any atom is 0.124 e. The highest BCUT2D eigenvalue weighted by molar-refractivity contribution is 5.76. The van der Waals surface area contributed by atoms with Crippen molar-refractivity contribution < 1.29 is 4.74 Å². The number of fused-ring (bicyclic) bond motifs is 2. The summed E-state index contributed by atoms with van der Waals surface area (Å²) < 4.78 is 5.22. The summed E-state index contributed by atoms with van der Waals surface area (Å²) in [6.07, 6.45) is 1.36. The van der Waals surface area contributed by atoms with E-state index in [9.17, 15) is 0 Å². The van der Waals surface area contributed by atoms with Gasteiger partial charge in [-0.25, -0.2) is 4.98 Å². The average Bonchev–Trinajstić information content (AvgIpc) is 2.85. The number of methoxy groups -OCH3 is 1. The predicted octanol–water partition coefficient (Wildman–Crippen LogP) is 1.85. The van der Waals surface area contributed by atoms with Crippen LogP contribution in [0, 0.1) is 11.8 Å². The maximum atomic E-state index is 5.22. The Morgan fingerprint density at radius 1 is 1.41 bits per heavy atom. The van der Waals surface area contributed by atoms with Crippen LogP contribution in [-0.4, -0.2) is 23.6 Å². The monoisotopic (exact) mass is 229 g/mol. The predicted molar refractivity (Wildman–Crippen MR) is 65.0 cm³/mol. The Kier molecular flexibility index (Phi) is 1.80. The third-order valence-corrected chi connectivity index (χ3v) is 4.01. The topological polar surface area (TPSA) is 49.9 Å². The van der Waals surface area contributed by atoms with Crippen molar-refractivity contribution in [3.63, 3.8) is 0 Å². The first-order chi connectivity index (χ1) is 8.35. The number of aromatic nitrogens is 2. The van der Waals surface area contributed by atoms with E-state index >= 15 is 0 Å². The molecule has 2 heterocycles. The van der Waals surface area contributed by atoms with E-state index in [-0.39, 0.29) is 0 Å². The summed E-state index contributed by atoms with van der Waals surface area (Å²) >= 11 is 0. The highest BCUT2D eigenvalue weighted by Gasteiger charge is 2.49. The average molecular weight is 229 g/mol. The Balaban J connectivity index is 1.76. The van der Waals surface area contributed by atoms with Gasteiger partial charge < -0.3 is 15.0 Å². The van der Waals surface area contributed by atoms with Crippen LogP contribution in [0.5, 0.6) is 5.75 Å². The van der Waals surface area contributed by atoms with Gasteiger partial charge in [0.05, 0.1) is 24.2 Å². The second-order valence-electron chi connectivity index (χ2n) is 5.05. The van der Waals surface area contributed by atoms with Crippen LogP contribution in [-0.2, 0) is 0 Å². The fourth-order valence-corrected chi connectivity index (χ4v) is 2.93. The number of nitrogens with one attached hydrogen (secondary N) is 2. The van der Waals surface area contributed by atoms with Crippen LogP contribution in [0.3, 0.4) is 0 Å². The molecule has 1 aromatic heterocycles. The number of aromatic amines is 1. The number of rotatable bonds is 2. The Morgan fingerprint density at radius 3 is 3.06 bits per heavy atom. The summed E-state index contributed by atoms with van der Waals surface area (Å²) in [7, 11) is 1.69. The molecule has 1 aromatic carbocycles. The molecule has 1 saturated heterocycles. The molecule has 2 aliphatic rings. The highest BCUT2D eigenvalue weighted by Crippen LogP contribution is 2.51. The lowest BCUT2D eigenvalue weighted by atomic mass is 10.2. The molecule has 0 bridgehead atoms. The zero-order valence-electron chi connectivity index (χ0n) is 9.73. The molecule has 4 rings (SSSR count). The van der Waals surface area contributed by atoms with Crippen molar-refractivity contribution in [3.8, 4) is 5.75 Å². The van der Waals surface area contributed by atoms with Crippen molar-refractivity contribution in [1.82, 2.24) is 15.3 Å². The van der Waals surface area contributed by atoms with E-state index in [0.29, 0.717) is 6.04 Å². The molecule has 0 radical (unpaired) electrons. The highest BCUT2D eigenvalue weighted by atomic mass is 16.5. The van der Waals surface area contributed by atoms with Crippen molar-refractivity contribution in [3.05, 3.63) is 24.0 Å². The molecule has 0 spiro atoms. The van der Waals surface area contributed by atoms with Crippen molar-refractivity contribution in [2.24, 2.45) is 11.8 Å². The molecule has 4 nitrogen and oxygen atoms in total. The molecular weight excluding hydrogens is 214 g/mol. The molecule has 2 fully saturated rings. The number of benzene rings is 1. The SMILES string of the molecule is COc1ccc2nc([C@H]3NC[C@@H]4C[C@@H]43)[nH]c2c1. The van der Waals surface area contributed by atoms with Crippen molar-refractivity contribution in [2.45, 2.75) is 12.5 Å². The van der Waals surface area contributed by atoms with Crippen LogP contribution >= 0.6 is 0 Å². The Hall–Kier alpha value is -1.55. The van der Waals surface area contributed by atoms with E-state index in [1.165, 1.54) is 6.42 Å². The maximum absolute atomic E-state index is 5.22. The molecule has 1 aliphatic heterocycles. The first kappa shape index (κ1) is 9.48. The molecule has 4 heteroatoms. The fourth-order valence-electron chi connectivity index (χ4n) is 2.93. The van der Waals surface area contributed by atoms with Crippen LogP contribution in [0.25, 0.3) is 11.0 Å². The summed E-state index contributed by atoms with van der Waals surface area (Å²) in [4.78, 5) is 8.09. The zero-order valence-corrected chi connectivity index (χ0v) is 9.73. The second kappa shape index (κ2) is 3.23. The van der Waals surface area contributed by atoms with Gasteiger partial charge in [0.15, 0.2) is 0 Å². The van der Waals surface area contributed by atoms with Crippen LogP contribution in [0.1, 0.15) is 18.3 Å². The zero-order chi connectivity index (χ0) is 11.4. The van der Waals surface area contributed by atoms with E-state index in [2.05, 4.69) is 15.3 Å². The van der Waals surface area contributed by atoms with E-state index < -0.39 is 0 Å². The molecule has 3 atom stereocenters. The third kappa shape index (κ3) is 1.37. The van der Waals surface area contributed by atoms with Crippen LogP contribution in [0.4, 0.5) is 0 Å². The number of ether oxygens (including phenoxy) is 1. The Morgan fingerprint density at radius 2 is 2.35 bits per heavy atom. The van der Waals surface area contributed by atoms with E-state index in [0.717, 1.165) is 41.0 Å². The van der Waals surface area contributed by atoms with Gasteiger partial charge in [0.1, 0.15) is 11.6 Å². The number of hydrogen-bond donors (Lipinski definition) is 2. The molecule has 0 unspecified atom stereocenters. The fraction of sp³-hybridized carbons (Fsp3) is 0.462. The summed E-state index contributed by atoms with van der Waals surface area (Å²) in [5, 5.41) is 3.54. The summed E-state index contributed by atoms with van der Waals surface area (Å²) in [5.41, 5.74) is 2.08. The minimum Gasteiger partial charge on any atom is -0.497 e. The van der Waals surface area contributed by atoms with Gasteiger partial charge in [0, 0.05) is 6.07 Å². The van der Waals surface area contributed by atoms with Crippen LogP contribution in [0.2, 0.25) is 0 Å². The van der Waals surface area contributed by atoms with E-state index in [1.807, 2.05) is 18.2 Å². The largest absolute Gasteiger partial charge is 0.497 e. The summed E-state index contributed by atoms with van der Waals surface area (Å²) in [6, 6.07) is 6.39. The third-order valence-electron chi connectivity index (χ3n) is 4.01. The number of hydrogen-bond acceptors (Lipinski definition) is 3. The van der Waals surface area contributed by atoms with Gasteiger partial charge in [-0.15, -0.1) is 0 Å². The van der Waals surface area contributed by atoms with Gasteiger partial charge in [0.25, 0.3) is 0 Å². The molecule has 1 saturated carbocycles. The minimum atomic E-state index is 0.429. The van der Waals surface area contributed by atoms with Crippen molar-refractivity contribution >= 4 is 11.0 Å². The van der Waals surface area contributed by atoms with Gasteiger partial charge >= 0.3 is 0 Å². The lowest BCUT2D eigenvalue weighted by Gasteiger charge is -2.08. The lowest BCUT2D eigenvalue weighted by Crippen LogP contribution is -2.19. The molecule has 2 aromatic rings. The van der Waals surface area contributed by atoms with Crippen LogP contribution in [0.15, 0.2) is 18.2 Å². The normalized spacial score (nSPS) is 30.5. The summed E-state index contributed by atoms with van der Waals surface area (Å²) in [6.45, 7) is 1.15. The van der Waals surface area contributed by atoms with Gasteiger partial charge in [-0.3, -0.25) is 0 Å². The van der Waals surface area contributed by atoms with Gasteiger partial charge in [0.2, 0.25) is 0 Å². The molecule has 17 heavy (non-hydrogen) atoms. The molecule has 1 aliphatic carbocycles. The van der Waals surface area contributed by atoms with E-state index in [4.69, 9.17) is 4.74 Å². The molecule has 2 N–H and O–H groups in total. The number of nitrogens with zero attached hydrogens (tertiary/aromatic N) is 1. The first-order valence-electron chi connectivity index (χ1n) is 6.12. The quantitative estimate of drug-likeness (QED) is 0.826. The smallest absolute Gasteiger partial charge is 0.124 e. The van der Waals surface area contributed by atoms with Gasteiger partial charge in [-0.05, 0) is 36.9 Å². The van der Waals surface area contributed by atoms with Gasteiger partial charge in [-0.1, -0.05) is 0 Å². The standard InChI is InChI=1S/C13H15N3O/c1-17-8-2-3-10-11(5-8)16-13(15-10)12-9-4-7(9)6-14-12/h2-3,5,7,9,12,14H,4,6H2,1H3,(H,15,16)/t7-,9-,12-/m0/s1. The number of H-pyrrole nitrogens is 1. The van der Waals surface area contributed by atoms with Gasteiger partial charge in [-0.2, -0.15) is 0 Å². The minimum absolute atomic E-state index is 0.429. The van der Waals surface area contributed by atoms with Crippen LogP contribution < -0.4 is 10.1 Å². The molecular formula is C13H15N3O. The van der Waals surface area contributed by atoms with E-state index in [1.54, 1.807) is 7.11 Å². The molecule has 88 valence electrons. The Labute approximate surface area is 99.4 Å². The first-order valence-corrected chi connectivity index (χ1v) is 6.12. The molecule has 0 amide bonds. The Bertz CT molecular complexity index is 577. The second-order valence-corrected chi connectivity index (χ2v) is 5.05. The number of piperidine rings is 1. The number of imidazole rings is 1. The lowest BCUT2D eigenvalue weighted by molar-refractivity contribution is 0.415. The van der Waals surface area contributed by atoms with Crippen molar-refractivity contribution in [2.75, 3.05) is 13.7 Å². The summed E-state index contributed by atoms with van der Waals surface area (Å²) in [5.74, 6) is 3.65.